The van der Waals surface area contributed by atoms with Crippen LogP contribution in [0.25, 0.3) is 0 Å². The minimum absolute atomic E-state index is 0.00291. The summed E-state index contributed by atoms with van der Waals surface area (Å²) in [4.78, 5) is 11.4. The Morgan fingerprint density at radius 1 is 1.33 bits per heavy atom. The Morgan fingerprint density at radius 3 is 2.40 bits per heavy atom. The number of hydrogen-bond donors (Lipinski definition) is 1. The molecule has 1 rings (SSSR count). The van der Waals surface area contributed by atoms with Crippen LogP contribution in [0, 0.1) is 0 Å². The Balaban J connectivity index is 2.70. The Labute approximate surface area is 97.6 Å². The minimum Gasteiger partial charge on any atom is -0.497 e. The summed E-state index contributed by atoms with van der Waals surface area (Å²) >= 11 is 10.7. The summed E-state index contributed by atoms with van der Waals surface area (Å²) in [7, 11) is 1.56. The first-order valence-electron chi connectivity index (χ1n) is 4.09. The van der Waals surface area contributed by atoms with Gasteiger partial charge in [-0.15, -0.1) is 0 Å². The Bertz CT molecular complexity index is 370. The fraction of sp³-hybridized carbons (Fsp3) is 0.100. The molecule has 0 bridgehead atoms. The molecule has 0 spiro atoms. The van der Waals surface area contributed by atoms with Crippen LogP contribution in [0.1, 0.15) is 10.4 Å². The van der Waals surface area contributed by atoms with Gasteiger partial charge in [-0.1, -0.05) is 23.2 Å². The first-order valence-corrected chi connectivity index (χ1v) is 4.85. The number of halogens is 2. The second-order valence-corrected chi connectivity index (χ2v) is 3.64. The van der Waals surface area contributed by atoms with Gasteiger partial charge in [-0.25, -0.2) is 0 Å². The van der Waals surface area contributed by atoms with Gasteiger partial charge in [0.05, 0.1) is 7.11 Å². The molecule has 0 aliphatic rings. The molecule has 1 aromatic carbocycles. The van der Waals surface area contributed by atoms with E-state index >= 15 is 0 Å². The second kappa shape index (κ2) is 5.63. The number of hydrogen-bond acceptors (Lipinski definition) is 2. The average molecular weight is 246 g/mol. The van der Waals surface area contributed by atoms with E-state index in [2.05, 4.69) is 5.32 Å². The summed E-state index contributed by atoms with van der Waals surface area (Å²) in [5.41, 5.74) is 0.502. The van der Waals surface area contributed by atoms with Gasteiger partial charge >= 0.3 is 0 Å². The number of methoxy groups -OCH3 is 1. The van der Waals surface area contributed by atoms with Gasteiger partial charge in [-0.3, -0.25) is 4.79 Å². The van der Waals surface area contributed by atoms with Crippen molar-refractivity contribution >= 4 is 29.1 Å². The third kappa shape index (κ3) is 3.81. The van der Waals surface area contributed by atoms with E-state index in [0.29, 0.717) is 11.3 Å². The van der Waals surface area contributed by atoms with Crippen molar-refractivity contribution in [1.82, 2.24) is 5.32 Å². The lowest BCUT2D eigenvalue weighted by Crippen LogP contribution is -2.16. The van der Waals surface area contributed by atoms with Gasteiger partial charge < -0.3 is 10.1 Å². The smallest absolute Gasteiger partial charge is 0.255 e. The zero-order valence-electron chi connectivity index (χ0n) is 7.96. The summed E-state index contributed by atoms with van der Waals surface area (Å²) in [6.45, 7) is 0. The summed E-state index contributed by atoms with van der Waals surface area (Å²) in [6, 6.07) is 6.68. The van der Waals surface area contributed by atoms with Crippen molar-refractivity contribution in [2.45, 2.75) is 0 Å². The van der Waals surface area contributed by atoms with Crippen LogP contribution in [0.2, 0.25) is 0 Å². The lowest BCUT2D eigenvalue weighted by Gasteiger charge is -2.02. The van der Waals surface area contributed by atoms with Crippen molar-refractivity contribution in [3.63, 3.8) is 0 Å². The molecule has 15 heavy (non-hydrogen) atoms. The molecule has 0 aromatic heterocycles. The normalized spacial score (nSPS) is 9.27. The molecule has 0 heterocycles. The van der Waals surface area contributed by atoms with E-state index in [0.717, 1.165) is 0 Å². The number of benzene rings is 1. The highest BCUT2D eigenvalue weighted by Gasteiger charge is 2.03. The van der Waals surface area contributed by atoms with Gasteiger partial charge in [-0.05, 0) is 24.3 Å². The third-order valence-corrected chi connectivity index (χ3v) is 1.88. The van der Waals surface area contributed by atoms with E-state index in [1.165, 1.54) is 6.20 Å². The van der Waals surface area contributed by atoms with E-state index in [1.807, 2.05) is 0 Å². The number of ether oxygens (including phenoxy) is 1. The predicted octanol–water partition coefficient (Wildman–Crippen LogP) is 2.70. The molecule has 80 valence electrons. The van der Waals surface area contributed by atoms with E-state index in [1.54, 1.807) is 31.4 Å². The molecule has 0 radical (unpaired) electrons. The molecule has 0 saturated heterocycles. The maximum atomic E-state index is 11.4. The number of carbonyl (C=O) groups is 1. The molecule has 1 amide bonds. The molecule has 1 N–H and O–H groups in total. The molecular formula is C10H9Cl2NO2. The van der Waals surface area contributed by atoms with Gasteiger partial charge in [-0.2, -0.15) is 0 Å². The fourth-order valence-electron chi connectivity index (χ4n) is 0.946. The Hall–Kier alpha value is -1.19. The predicted molar refractivity (Wildman–Crippen MR) is 60.2 cm³/mol. The number of carbonyl (C=O) groups excluding carboxylic acids is 1. The van der Waals surface area contributed by atoms with Crippen LogP contribution in [0.3, 0.4) is 0 Å². The highest BCUT2D eigenvalue weighted by molar-refractivity contribution is 6.55. The third-order valence-electron chi connectivity index (χ3n) is 1.66. The maximum Gasteiger partial charge on any atom is 0.255 e. The molecule has 3 nitrogen and oxygen atoms in total. The van der Waals surface area contributed by atoms with Gasteiger partial charge in [0.1, 0.15) is 10.2 Å². The SMILES string of the molecule is COc1ccc(C(=O)NC=C(Cl)Cl)cc1. The second-order valence-electron chi connectivity index (χ2n) is 2.64. The van der Waals surface area contributed by atoms with E-state index in [9.17, 15) is 4.79 Å². The number of nitrogens with one attached hydrogen (secondary N) is 1. The lowest BCUT2D eigenvalue weighted by atomic mass is 10.2. The zero-order chi connectivity index (χ0) is 11.3. The van der Waals surface area contributed by atoms with Gasteiger partial charge in [0.25, 0.3) is 5.91 Å². The van der Waals surface area contributed by atoms with Crippen molar-refractivity contribution in [2.75, 3.05) is 7.11 Å². The maximum absolute atomic E-state index is 11.4. The quantitative estimate of drug-likeness (QED) is 0.890. The number of amides is 1. The summed E-state index contributed by atoms with van der Waals surface area (Å²) in [5.74, 6) is 0.411. The molecule has 1 aromatic rings. The zero-order valence-corrected chi connectivity index (χ0v) is 9.47. The molecule has 0 unspecified atom stereocenters. The van der Waals surface area contributed by atoms with Crippen LogP contribution in [0.15, 0.2) is 35.0 Å². The van der Waals surface area contributed by atoms with Crippen LogP contribution in [-0.4, -0.2) is 13.0 Å². The lowest BCUT2D eigenvalue weighted by molar-refractivity contribution is 0.0970. The van der Waals surface area contributed by atoms with Crippen molar-refractivity contribution in [1.29, 1.82) is 0 Å². The van der Waals surface area contributed by atoms with Gasteiger partial charge in [0.15, 0.2) is 0 Å². The summed E-state index contributed by atoms with van der Waals surface area (Å²) in [6.07, 6.45) is 1.22. The fourth-order valence-corrected chi connectivity index (χ4v) is 1.05. The van der Waals surface area contributed by atoms with E-state index in [-0.39, 0.29) is 10.4 Å². The molecule has 5 heteroatoms. The van der Waals surface area contributed by atoms with Gasteiger partial charge in [0, 0.05) is 11.8 Å². The number of rotatable bonds is 3. The van der Waals surface area contributed by atoms with Crippen LogP contribution in [-0.2, 0) is 0 Å². The Morgan fingerprint density at radius 2 is 1.93 bits per heavy atom. The highest BCUT2D eigenvalue weighted by atomic mass is 35.5. The summed E-state index contributed by atoms with van der Waals surface area (Å²) in [5, 5.41) is 2.43. The van der Waals surface area contributed by atoms with Gasteiger partial charge in [0.2, 0.25) is 0 Å². The largest absolute Gasteiger partial charge is 0.497 e. The van der Waals surface area contributed by atoms with E-state index < -0.39 is 0 Å². The molecule has 0 aliphatic heterocycles. The first-order chi connectivity index (χ1) is 7.13. The van der Waals surface area contributed by atoms with Crippen LogP contribution >= 0.6 is 23.2 Å². The van der Waals surface area contributed by atoms with Crippen molar-refractivity contribution < 1.29 is 9.53 Å². The first kappa shape index (κ1) is 11.9. The van der Waals surface area contributed by atoms with Crippen LogP contribution in [0.4, 0.5) is 0 Å². The molecule has 0 atom stereocenters. The van der Waals surface area contributed by atoms with Crippen molar-refractivity contribution in [2.24, 2.45) is 0 Å². The van der Waals surface area contributed by atoms with Crippen LogP contribution in [0.5, 0.6) is 5.75 Å². The van der Waals surface area contributed by atoms with E-state index in [4.69, 9.17) is 27.9 Å². The minimum atomic E-state index is -0.281. The molecule has 0 fully saturated rings. The average Bonchev–Trinajstić information content (AvgIpc) is 2.26. The molecule has 0 aliphatic carbocycles. The van der Waals surface area contributed by atoms with Crippen molar-refractivity contribution in [3.8, 4) is 5.75 Å². The molecule has 0 saturated carbocycles. The molecular weight excluding hydrogens is 237 g/mol. The monoisotopic (exact) mass is 245 g/mol. The summed E-state index contributed by atoms with van der Waals surface area (Å²) < 4.78 is 4.96. The Kier molecular flexibility index (Phi) is 4.46. The standard InChI is InChI=1S/C10H9Cl2NO2/c1-15-8-4-2-7(3-5-8)10(14)13-6-9(11)12/h2-6H,1H3,(H,13,14). The highest BCUT2D eigenvalue weighted by Crippen LogP contribution is 2.11. The van der Waals surface area contributed by atoms with Crippen molar-refractivity contribution in [3.05, 3.63) is 40.5 Å². The van der Waals surface area contributed by atoms with Crippen LogP contribution < -0.4 is 10.1 Å². The topological polar surface area (TPSA) is 38.3 Å².